The van der Waals surface area contributed by atoms with Crippen molar-refractivity contribution in [2.45, 2.75) is 18.9 Å². The summed E-state index contributed by atoms with van der Waals surface area (Å²) in [6, 6.07) is 7.58. The van der Waals surface area contributed by atoms with Crippen molar-refractivity contribution in [3.63, 3.8) is 0 Å². The molecule has 1 aliphatic heterocycles. The van der Waals surface area contributed by atoms with Gasteiger partial charge in [0.25, 0.3) is 0 Å². The number of likely N-dealkylation sites (tertiary alicyclic amines) is 1. The lowest BCUT2D eigenvalue weighted by atomic mass is 9.99. The molecule has 0 radical (unpaired) electrons. The normalized spacial score (nSPS) is 21.8. The smallest absolute Gasteiger partial charge is 0.336 e. The number of carboxylic acid groups (broad SMARTS) is 1. The van der Waals surface area contributed by atoms with Crippen LogP contribution in [0.15, 0.2) is 24.3 Å². The Balaban J connectivity index is 2.38. The fraction of sp³-hybridized carbons (Fsp3) is 0.417. The number of hydrogen-bond acceptors (Lipinski definition) is 2. The zero-order valence-electron chi connectivity index (χ0n) is 8.81. The molecule has 3 nitrogen and oxygen atoms in total. The average molecular weight is 205 g/mol. The monoisotopic (exact) mass is 205 g/mol. The highest BCUT2D eigenvalue weighted by atomic mass is 16.4. The molecular weight excluding hydrogens is 190 g/mol. The van der Waals surface area contributed by atoms with E-state index in [2.05, 4.69) is 11.9 Å². The van der Waals surface area contributed by atoms with E-state index in [0.717, 1.165) is 24.9 Å². The van der Waals surface area contributed by atoms with Gasteiger partial charge in [-0.1, -0.05) is 18.2 Å². The van der Waals surface area contributed by atoms with Gasteiger partial charge >= 0.3 is 5.97 Å². The molecule has 3 heteroatoms. The Kier molecular flexibility index (Phi) is 2.73. The summed E-state index contributed by atoms with van der Waals surface area (Å²) in [6.07, 6.45) is 2.20. The molecule has 1 N–H and O–H groups in total. The molecule has 80 valence electrons. The highest BCUT2D eigenvalue weighted by molar-refractivity contribution is 5.89. The zero-order valence-corrected chi connectivity index (χ0v) is 8.81. The van der Waals surface area contributed by atoms with E-state index in [9.17, 15) is 4.79 Å². The number of aromatic carboxylic acids is 1. The molecule has 15 heavy (non-hydrogen) atoms. The van der Waals surface area contributed by atoms with Gasteiger partial charge in [-0.15, -0.1) is 0 Å². The molecule has 0 unspecified atom stereocenters. The van der Waals surface area contributed by atoms with Gasteiger partial charge in [0.1, 0.15) is 0 Å². The number of hydrogen-bond donors (Lipinski definition) is 1. The molecular formula is C12H15NO2. The van der Waals surface area contributed by atoms with Gasteiger partial charge in [0.2, 0.25) is 0 Å². The second-order valence-electron chi connectivity index (χ2n) is 4.03. The average Bonchev–Trinajstić information content (AvgIpc) is 2.64. The third kappa shape index (κ3) is 1.88. The first kappa shape index (κ1) is 10.2. The Labute approximate surface area is 89.3 Å². The van der Waals surface area contributed by atoms with E-state index in [1.165, 1.54) is 0 Å². The van der Waals surface area contributed by atoms with E-state index in [1.54, 1.807) is 12.1 Å². The third-order valence-corrected chi connectivity index (χ3v) is 3.07. The summed E-state index contributed by atoms with van der Waals surface area (Å²) in [5, 5.41) is 9.09. The lowest BCUT2D eigenvalue weighted by Crippen LogP contribution is -2.19. The minimum absolute atomic E-state index is 0.275. The van der Waals surface area contributed by atoms with Crippen LogP contribution in [0.4, 0.5) is 0 Å². The van der Waals surface area contributed by atoms with E-state index in [0.29, 0.717) is 5.56 Å². The first-order chi connectivity index (χ1) is 7.20. The van der Waals surface area contributed by atoms with Gasteiger partial charge in [-0.3, -0.25) is 4.90 Å². The van der Waals surface area contributed by atoms with Crippen molar-refractivity contribution >= 4 is 5.97 Å². The third-order valence-electron chi connectivity index (χ3n) is 3.07. The van der Waals surface area contributed by atoms with Gasteiger partial charge in [0.15, 0.2) is 0 Å². The Hall–Kier alpha value is -1.35. The van der Waals surface area contributed by atoms with E-state index in [-0.39, 0.29) is 6.04 Å². The van der Waals surface area contributed by atoms with Gasteiger partial charge in [-0.25, -0.2) is 4.79 Å². The largest absolute Gasteiger partial charge is 0.478 e. The number of carbonyl (C=O) groups is 1. The van der Waals surface area contributed by atoms with Crippen molar-refractivity contribution in [2.24, 2.45) is 0 Å². The highest BCUT2D eigenvalue weighted by Gasteiger charge is 2.25. The van der Waals surface area contributed by atoms with Crippen LogP contribution in [0.2, 0.25) is 0 Å². The first-order valence-corrected chi connectivity index (χ1v) is 5.22. The van der Waals surface area contributed by atoms with Gasteiger partial charge in [-0.05, 0) is 38.1 Å². The zero-order chi connectivity index (χ0) is 10.8. The Morgan fingerprint density at radius 1 is 1.47 bits per heavy atom. The predicted octanol–water partition coefficient (Wildman–Crippen LogP) is 2.15. The summed E-state index contributed by atoms with van der Waals surface area (Å²) in [6.45, 7) is 1.05. The van der Waals surface area contributed by atoms with E-state index < -0.39 is 5.97 Å². The second-order valence-corrected chi connectivity index (χ2v) is 4.03. The van der Waals surface area contributed by atoms with Crippen LogP contribution >= 0.6 is 0 Å². The van der Waals surface area contributed by atoms with Crippen LogP contribution in [-0.4, -0.2) is 29.6 Å². The molecule has 1 heterocycles. The quantitative estimate of drug-likeness (QED) is 0.804. The summed E-state index contributed by atoms with van der Waals surface area (Å²) in [5.41, 5.74) is 1.39. The summed E-state index contributed by atoms with van der Waals surface area (Å²) >= 11 is 0. The van der Waals surface area contributed by atoms with Crippen molar-refractivity contribution in [3.05, 3.63) is 35.4 Å². The molecule has 1 aromatic carbocycles. The molecule has 0 spiro atoms. The summed E-state index contributed by atoms with van der Waals surface area (Å²) in [5.74, 6) is -0.828. The Morgan fingerprint density at radius 3 is 2.80 bits per heavy atom. The molecule has 0 aromatic heterocycles. The number of benzene rings is 1. The summed E-state index contributed by atoms with van der Waals surface area (Å²) in [7, 11) is 2.05. The van der Waals surface area contributed by atoms with Gasteiger partial charge in [0.05, 0.1) is 5.56 Å². The van der Waals surface area contributed by atoms with Crippen LogP contribution in [-0.2, 0) is 0 Å². The SMILES string of the molecule is CN1CCC[C@H]1c1ccccc1C(=O)O. The van der Waals surface area contributed by atoms with Crippen molar-refractivity contribution < 1.29 is 9.90 Å². The molecule has 1 atom stereocenters. The minimum atomic E-state index is -0.828. The minimum Gasteiger partial charge on any atom is -0.478 e. The molecule has 1 aliphatic rings. The van der Waals surface area contributed by atoms with Crippen LogP contribution in [0.5, 0.6) is 0 Å². The Bertz CT molecular complexity index is 376. The van der Waals surface area contributed by atoms with Crippen molar-refractivity contribution in [2.75, 3.05) is 13.6 Å². The topological polar surface area (TPSA) is 40.5 Å². The van der Waals surface area contributed by atoms with Crippen LogP contribution in [0.3, 0.4) is 0 Å². The molecule has 2 rings (SSSR count). The first-order valence-electron chi connectivity index (χ1n) is 5.22. The molecule has 0 bridgehead atoms. The molecule has 1 saturated heterocycles. The molecule has 0 aliphatic carbocycles. The fourth-order valence-electron chi connectivity index (χ4n) is 2.29. The van der Waals surface area contributed by atoms with Crippen LogP contribution in [0.25, 0.3) is 0 Å². The second kappa shape index (κ2) is 4.03. The lowest BCUT2D eigenvalue weighted by Gasteiger charge is -2.21. The lowest BCUT2D eigenvalue weighted by molar-refractivity contribution is 0.0694. The highest BCUT2D eigenvalue weighted by Crippen LogP contribution is 2.32. The van der Waals surface area contributed by atoms with Crippen molar-refractivity contribution in [3.8, 4) is 0 Å². The standard InChI is InChI=1S/C12H15NO2/c1-13-8-4-7-11(13)9-5-2-3-6-10(9)12(14)15/h2-3,5-6,11H,4,7-8H2,1H3,(H,14,15)/t11-/m0/s1. The molecule has 1 fully saturated rings. The van der Waals surface area contributed by atoms with Crippen LogP contribution in [0, 0.1) is 0 Å². The van der Waals surface area contributed by atoms with Crippen molar-refractivity contribution in [1.29, 1.82) is 0 Å². The van der Waals surface area contributed by atoms with Crippen molar-refractivity contribution in [1.82, 2.24) is 4.90 Å². The van der Waals surface area contributed by atoms with E-state index in [1.807, 2.05) is 12.1 Å². The summed E-state index contributed by atoms with van der Waals surface area (Å²) < 4.78 is 0. The molecule has 0 amide bonds. The van der Waals surface area contributed by atoms with Gasteiger partial charge < -0.3 is 5.11 Å². The number of carboxylic acids is 1. The van der Waals surface area contributed by atoms with Gasteiger partial charge in [-0.2, -0.15) is 0 Å². The summed E-state index contributed by atoms with van der Waals surface area (Å²) in [4.78, 5) is 13.3. The molecule has 1 aromatic rings. The van der Waals surface area contributed by atoms with Gasteiger partial charge in [0, 0.05) is 6.04 Å². The predicted molar refractivity (Wildman–Crippen MR) is 58.0 cm³/mol. The Morgan fingerprint density at radius 2 is 2.20 bits per heavy atom. The molecule has 0 saturated carbocycles. The fourth-order valence-corrected chi connectivity index (χ4v) is 2.29. The van der Waals surface area contributed by atoms with E-state index >= 15 is 0 Å². The number of rotatable bonds is 2. The van der Waals surface area contributed by atoms with Crippen LogP contribution in [0.1, 0.15) is 34.8 Å². The maximum atomic E-state index is 11.1. The van der Waals surface area contributed by atoms with Crippen LogP contribution < -0.4 is 0 Å². The number of nitrogens with zero attached hydrogens (tertiary/aromatic N) is 1. The van der Waals surface area contributed by atoms with E-state index in [4.69, 9.17) is 5.11 Å². The maximum absolute atomic E-state index is 11.1. The maximum Gasteiger partial charge on any atom is 0.336 e.